The summed E-state index contributed by atoms with van der Waals surface area (Å²) in [7, 11) is 0. The molecule has 3 aliphatic rings. The lowest BCUT2D eigenvalue weighted by atomic mass is 9.75. The number of aromatic nitrogens is 1. The molecule has 0 bridgehead atoms. The average Bonchev–Trinajstić information content (AvgIpc) is 3.21. The third-order valence-corrected chi connectivity index (χ3v) is 6.19. The predicted octanol–water partition coefficient (Wildman–Crippen LogP) is 0.902. The molecule has 2 atom stereocenters. The second-order valence-electron chi connectivity index (χ2n) is 7.85. The van der Waals surface area contributed by atoms with Crippen LogP contribution in [0.5, 0.6) is 5.75 Å². The van der Waals surface area contributed by atoms with Gasteiger partial charge in [-0.3, -0.25) is 4.79 Å². The number of carbonyl (C=O) groups is 2. The van der Waals surface area contributed by atoms with E-state index < -0.39 is 5.60 Å². The van der Waals surface area contributed by atoms with Crippen LogP contribution in [0.4, 0.5) is 4.79 Å². The minimum Gasteiger partial charge on any atom is -0.505 e. The third-order valence-electron chi connectivity index (χ3n) is 6.19. The molecule has 8 nitrogen and oxygen atoms in total. The summed E-state index contributed by atoms with van der Waals surface area (Å²) in [6.07, 6.45) is 4.58. The highest BCUT2D eigenvalue weighted by Gasteiger charge is 2.47. The molecule has 0 unspecified atom stereocenters. The molecule has 4 rings (SSSR count). The van der Waals surface area contributed by atoms with E-state index >= 15 is 0 Å². The minimum absolute atomic E-state index is 0.0312. The molecule has 0 radical (unpaired) electrons. The Balaban J connectivity index is 1.46. The lowest BCUT2D eigenvalue weighted by Crippen LogP contribution is -2.62. The zero-order valence-corrected chi connectivity index (χ0v) is 15.4. The Morgan fingerprint density at radius 1 is 1.04 bits per heavy atom. The van der Waals surface area contributed by atoms with Crippen LogP contribution in [-0.2, 0) is 0 Å². The van der Waals surface area contributed by atoms with Crippen LogP contribution in [0.25, 0.3) is 0 Å². The second kappa shape index (κ2) is 6.99. The van der Waals surface area contributed by atoms with Crippen LogP contribution in [0.15, 0.2) is 18.3 Å². The second-order valence-corrected chi connectivity index (χ2v) is 7.85. The summed E-state index contributed by atoms with van der Waals surface area (Å²) < 4.78 is 0. The highest BCUT2D eigenvalue weighted by atomic mass is 16.3. The van der Waals surface area contributed by atoms with Crippen LogP contribution in [0.1, 0.15) is 36.2 Å². The lowest BCUT2D eigenvalue weighted by Gasteiger charge is -2.50. The fraction of sp³-hybridized carbons (Fsp3) is 0.632. The molecule has 0 saturated carbocycles. The van der Waals surface area contributed by atoms with Crippen molar-refractivity contribution in [2.75, 3.05) is 39.3 Å². The first-order chi connectivity index (χ1) is 13.0. The van der Waals surface area contributed by atoms with Crippen molar-refractivity contribution < 1.29 is 19.8 Å². The molecule has 4 heterocycles. The third kappa shape index (κ3) is 3.34. The van der Waals surface area contributed by atoms with E-state index in [0.717, 1.165) is 25.9 Å². The van der Waals surface area contributed by atoms with E-state index in [0.29, 0.717) is 39.0 Å². The topological polar surface area (TPSA) is 97.2 Å². The molecule has 2 N–H and O–H groups in total. The van der Waals surface area contributed by atoms with Gasteiger partial charge < -0.3 is 24.9 Å². The van der Waals surface area contributed by atoms with Crippen molar-refractivity contribution >= 4 is 11.9 Å². The zero-order chi connectivity index (χ0) is 19.0. The fourth-order valence-corrected chi connectivity index (χ4v) is 4.48. The van der Waals surface area contributed by atoms with E-state index in [1.807, 2.05) is 9.80 Å². The first kappa shape index (κ1) is 18.0. The van der Waals surface area contributed by atoms with Gasteiger partial charge in [-0.25, -0.2) is 9.78 Å². The average molecular weight is 374 g/mol. The molecular weight excluding hydrogens is 348 g/mol. The standard InChI is InChI=1S/C19H26N4O4/c24-15-4-3-7-20-16(15)17(25)22-10-5-19(27)6-11-23(13-14(19)12-22)18(26)21-8-1-2-9-21/h3-4,7,14,24,27H,1-2,5-6,8-13H2/t14-,19-/m1/s1. The van der Waals surface area contributed by atoms with Gasteiger partial charge in [0.05, 0.1) is 5.60 Å². The Morgan fingerprint density at radius 2 is 1.70 bits per heavy atom. The number of carbonyl (C=O) groups excluding carboxylic acids is 2. The summed E-state index contributed by atoms with van der Waals surface area (Å²) in [5, 5.41) is 20.9. The number of piperidine rings is 2. The highest BCUT2D eigenvalue weighted by Crippen LogP contribution is 2.36. The molecule has 3 saturated heterocycles. The first-order valence-electron chi connectivity index (χ1n) is 9.67. The van der Waals surface area contributed by atoms with Crippen LogP contribution in [0.3, 0.4) is 0 Å². The predicted molar refractivity (Wildman–Crippen MR) is 97.3 cm³/mol. The molecule has 3 fully saturated rings. The Hall–Kier alpha value is -2.35. The van der Waals surface area contributed by atoms with Crippen LogP contribution < -0.4 is 0 Å². The van der Waals surface area contributed by atoms with E-state index in [1.165, 1.54) is 12.3 Å². The number of likely N-dealkylation sites (tertiary alicyclic amines) is 3. The monoisotopic (exact) mass is 374 g/mol. The maximum Gasteiger partial charge on any atom is 0.320 e. The highest BCUT2D eigenvalue weighted by molar-refractivity contribution is 5.94. The van der Waals surface area contributed by atoms with Gasteiger partial charge in [0.2, 0.25) is 0 Å². The van der Waals surface area contributed by atoms with E-state index in [4.69, 9.17) is 0 Å². The number of hydrogen-bond acceptors (Lipinski definition) is 5. The molecule has 27 heavy (non-hydrogen) atoms. The molecule has 0 aliphatic carbocycles. The van der Waals surface area contributed by atoms with Crippen molar-refractivity contribution in [3.05, 3.63) is 24.0 Å². The smallest absolute Gasteiger partial charge is 0.320 e. The number of aromatic hydroxyl groups is 1. The summed E-state index contributed by atoms with van der Waals surface area (Å²) in [6.45, 7) is 3.37. The molecule has 1 aromatic heterocycles. The first-order valence-corrected chi connectivity index (χ1v) is 9.67. The summed E-state index contributed by atoms with van der Waals surface area (Å²) in [5.41, 5.74) is -0.811. The quantitative estimate of drug-likeness (QED) is 0.761. The van der Waals surface area contributed by atoms with Crippen molar-refractivity contribution in [2.24, 2.45) is 5.92 Å². The molecule has 8 heteroatoms. The Bertz CT molecular complexity index is 736. The Labute approximate surface area is 158 Å². The van der Waals surface area contributed by atoms with E-state index in [1.54, 1.807) is 11.0 Å². The van der Waals surface area contributed by atoms with Crippen LogP contribution in [-0.4, -0.2) is 86.7 Å². The number of urea groups is 1. The minimum atomic E-state index is -0.843. The SMILES string of the molecule is O=C(c1ncccc1O)N1CC[C@@]2(O)CCN(C(=O)N3CCCC3)C[C@H]2C1. The van der Waals surface area contributed by atoms with Gasteiger partial charge in [0, 0.05) is 51.4 Å². The van der Waals surface area contributed by atoms with Gasteiger partial charge in [-0.2, -0.15) is 0 Å². The normalized spacial score (nSPS) is 28.2. The summed E-state index contributed by atoms with van der Waals surface area (Å²) >= 11 is 0. The van der Waals surface area contributed by atoms with Crippen LogP contribution in [0, 0.1) is 5.92 Å². The number of rotatable bonds is 1. The summed E-state index contributed by atoms with van der Waals surface area (Å²) in [6, 6.07) is 3.06. The van der Waals surface area contributed by atoms with Gasteiger partial charge in [-0.1, -0.05) is 0 Å². The molecule has 0 spiro atoms. The van der Waals surface area contributed by atoms with E-state index in [2.05, 4.69) is 4.98 Å². The van der Waals surface area contributed by atoms with Crippen molar-refractivity contribution in [2.45, 2.75) is 31.3 Å². The molecular formula is C19H26N4O4. The number of nitrogens with zero attached hydrogens (tertiary/aromatic N) is 4. The Morgan fingerprint density at radius 3 is 2.41 bits per heavy atom. The molecule has 0 aromatic carbocycles. The van der Waals surface area contributed by atoms with Crippen molar-refractivity contribution in [1.29, 1.82) is 0 Å². The number of amides is 3. The van der Waals surface area contributed by atoms with Crippen LogP contribution in [0.2, 0.25) is 0 Å². The van der Waals surface area contributed by atoms with Gasteiger partial charge in [-0.15, -0.1) is 0 Å². The summed E-state index contributed by atoms with van der Waals surface area (Å²) in [4.78, 5) is 34.8. The largest absolute Gasteiger partial charge is 0.505 e. The summed E-state index contributed by atoms with van der Waals surface area (Å²) in [5.74, 6) is -0.669. The van der Waals surface area contributed by atoms with Gasteiger partial charge in [0.15, 0.2) is 5.69 Å². The molecule has 146 valence electrons. The van der Waals surface area contributed by atoms with Gasteiger partial charge in [0.1, 0.15) is 5.75 Å². The molecule has 3 aliphatic heterocycles. The number of aliphatic hydroxyl groups is 1. The van der Waals surface area contributed by atoms with Crippen LogP contribution >= 0.6 is 0 Å². The van der Waals surface area contributed by atoms with Gasteiger partial charge in [0.25, 0.3) is 5.91 Å². The molecule has 3 amide bonds. The zero-order valence-electron chi connectivity index (χ0n) is 15.4. The van der Waals surface area contributed by atoms with Gasteiger partial charge >= 0.3 is 6.03 Å². The maximum atomic E-state index is 12.8. The van der Waals surface area contributed by atoms with Crippen molar-refractivity contribution in [3.8, 4) is 5.75 Å². The maximum absolute atomic E-state index is 12.8. The van der Waals surface area contributed by atoms with Crippen molar-refractivity contribution in [1.82, 2.24) is 19.7 Å². The number of hydrogen-bond donors (Lipinski definition) is 2. The fourth-order valence-electron chi connectivity index (χ4n) is 4.48. The number of pyridine rings is 1. The molecule has 1 aromatic rings. The Kier molecular flexibility index (Phi) is 4.67. The van der Waals surface area contributed by atoms with E-state index in [9.17, 15) is 19.8 Å². The number of fused-ring (bicyclic) bond motifs is 1. The lowest BCUT2D eigenvalue weighted by molar-refractivity contribution is -0.101. The van der Waals surface area contributed by atoms with E-state index in [-0.39, 0.29) is 29.3 Å². The van der Waals surface area contributed by atoms with Crippen molar-refractivity contribution in [3.63, 3.8) is 0 Å². The van der Waals surface area contributed by atoms with Gasteiger partial charge in [-0.05, 0) is 37.8 Å².